The number of azide groups is 1. The molecule has 0 saturated carbocycles. The van der Waals surface area contributed by atoms with E-state index in [1.54, 1.807) is 11.9 Å². The number of methoxy groups -OCH3 is 2. The number of hydrogen-bond donors (Lipinski definition) is 0. The average Bonchev–Trinajstić information content (AvgIpc) is 2.44. The second-order valence-electron chi connectivity index (χ2n) is 4.49. The van der Waals surface area contributed by atoms with Gasteiger partial charge in [-0.1, -0.05) is 5.11 Å². The van der Waals surface area contributed by atoms with Gasteiger partial charge >= 0.3 is 11.9 Å². The van der Waals surface area contributed by atoms with E-state index in [2.05, 4.69) is 10.0 Å². The van der Waals surface area contributed by atoms with Gasteiger partial charge in [0.05, 0.1) is 14.2 Å². The van der Waals surface area contributed by atoms with E-state index < -0.39 is 24.0 Å². The molecule has 0 aromatic rings. The molecule has 1 aliphatic heterocycles. The maximum Gasteiger partial charge on any atom is 0.323 e. The van der Waals surface area contributed by atoms with Gasteiger partial charge in [0.1, 0.15) is 12.1 Å². The SMILES string of the molecule is COC(=O)[C@H]1C[C@@H](CN=[N+]=[N-])C[C@@H](C(=O)OC)N1C. The lowest BCUT2D eigenvalue weighted by Gasteiger charge is -2.39. The first-order valence-electron chi connectivity index (χ1n) is 5.93. The van der Waals surface area contributed by atoms with Gasteiger partial charge in [0, 0.05) is 11.5 Å². The first kappa shape index (κ1) is 15.3. The van der Waals surface area contributed by atoms with Crippen molar-refractivity contribution >= 4 is 11.9 Å². The summed E-state index contributed by atoms with van der Waals surface area (Å²) in [5.74, 6) is -0.843. The number of carbonyl (C=O) groups excluding carboxylic acids is 2. The summed E-state index contributed by atoms with van der Waals surface area (Å²) >= 11 is 0. The van der Waals surface area contributed by atoms with Gasteiger partial charge in [-0.2, -0.15) is 0 Å². The van der Waals surface area contributed by atoms with Crippen LogP contribution in [0.25, 0.3) is 10.4 Å². The van der Waals surface area contributed by atoms with Crippen LogP contribution in [0.4, 0.5) is 0 Å². The zero-order valence-corrected chi connectivity index (χ0v) is 11.3. The van der Waals surface area contributed by atoms with Crippen LogP contribution in [0.2, 0.25) is 0 Å². The molecule has 0 unspecified atom stereocenters. The van der Waals surface area contributed by atoms with E-state index in [9.17, 15) is 9.59 Å². The standard InChI is InChI=1S/C11H18N4O4/c1-15-8(10(16)18-2)4-7(6-13-14-12)5-9(15)11(17)19-3/h7-9H,4-6H2,1-3H3/t7-,8-,9+. The van der Waals surface area contributed by atoms with E-state index in [0.717, 1.165) is 0 Å². The number of likely N-dealkylation sites (tertiary alicyclic amines) is 1. The van der Waals surface area contributed by atoms with Crippen molar-refractivity contribution in [1.82, 2.24) is 4.90 Å². The molecule has 0 bridgehead atoms. The lowest BCUT2D eigenvalue weighted by atomic mass is 9.86. The normalized spacial score (nSPS) is 27.2. The number of esters is 2. The second-order valence-corrected chi connectivity index (χ2v) is 4.49. The molecule has 19 heavy (non-hydrogen) atoms. The highest BCUT2D eigenvalue weighted by atomic mass is 16.5. The summed E-state index contributed by atoms with van der Waals surface area (Å²) in [5, 5.41) is 3.52. The molecular formula is C11H18N4O4. The summed E-state index contributed by atoms with van der Waals surface area (Å²) in [5.41, 5.74) is 8.36. The van der Waals surface area contributed by atoms with E-state index in [1.165, 1.54) is 14.2 Å². The van der Waals surface area contributed by atoms with Crippen LogP contribution in [-0.4, -0.2) is 56.7 Å². The predicted octanol–water partition coefficient (Wildman–Crippen LogP) is 0.722. The van der Waals surface area contributed by atoms with Gasteiger partial charge < -0.3 is 9.47 Å². The summed E-state index contributed by atoms with van der Waals surface area (Å²) in [6, 6.07) is -1.05. The molecule has 8 heteroatoms. The third-order valence-electron chi connectivity index (χ3n) is 3.45. The van der Waals surface area contributed by atoms with Crippen molar-refractivity contribution in [3.8, 4) is 0 Å². The van der Waals surface area contributed by atoms with Crippen molar-refractivity contribution in [1.29, 1.82) is 0 Å². The molecular weight excluding hydrogens is 252 g/mol. The first-order valence-corrected chi connectivity index (χ1v) is 5.93. The fourth-order valence-corrected chi connectivity index (χ4v) is 2.38. The van der Waals surface area contributed by atoms with Gasteiger partial charge in [-0.15, -0.1) is 0 Å². The van der Waals surface area contributed by atoms with Crippen LogP contribution in [0.5, 0.6) is 0 Å². The zero-order chi connectivity index (χ0) is 14.4. The predicted molar refractivity (Wildman–Crippen MR) is 66.1 cm³/mol. The largest absolute Gasteiger partial charge is 0.468 e. The Labute approximate surface area is 111 Å². The van der Waals surface area contributed by atoms with E-state index in [1.807, 2.05) is 0 Å². The van der Waals surface area contributed by atoms with Crippen LogP contribution in [0.15, 0.2) is 5.11 Å². The molecule has 0 spiro atoms. The summed E-state index contributed by atoms with van der Waals surface area (Å²) in [4.78, 5) is 27.8. The Morgan fingerprint density at radius 1 is 1.26 bits per heavy atom. The number of rotatable bonds is 4. The lowest BCUT2D eigenvalue weighted by Crippen LogP contribution is -2.54. The molecule has 3 atom stereocenters. The zero-order valence-electron chi connectivity index (χ0n) is 11.3. The summed E-state index contributed by atoms with van der Waals surface area (Å²) in [6.07, 6.45) is 0.991. The smallest absolute Gasteiger partial charge is 0.323 e. The van der Waals surface area contributed by atoms with Crippen LogP contribution in [-0.2, 0) is 19.1 Å². The average molecular weight is 270 g/mol. The Morgan fingerprint density at radius 3 is 2.11 bits per heavy atom. The molecule has 0 N–H and O–H groups in total. The Balaban J connectivity index is 2.89. The molecule has 1 saturated heterocycles. The maximum absolute atomic E-state index is 11.7. The van der Waals surface area contributed by atoms with Crippen LogP contribution in [0.3, 0.4) is 0 Å². The number of piperidine rings is 1. The first-order chi connectivity index (χ1) is 9.04. The number of hydrogen-bond acceptors (Lipinski definition) is 6. The van der Waals surface area contributed by atoms with Crippen molar-refractivity contribution in [3.63, 3.8) is 0 Å². The fraction of sp³-hybridized carbons (Fsp3) is 0.818. The molecule has 106 valence electrons. The minimum Gasteiger partial charge on any atom is -0.468 e. The summed E-state index contributed by atoms with van der Waals surface area (Å²) in [7, 11) is 4.30. The minimum absolute atomic E-state index is 0.0414. The van der Waals surface area contributed by atoms with E-state index in [0.29, 0.717) is 12.8 Å². The van der Waals surface area contributed by atoms with Gasteiger partial charge in [0.2, 0.25) is 0 Å². The summed E-state index contributed by atoms with van der Waals surface area (Å²) in [6.45, 7) is 0.255. The lowest BCUT2D eigenvalue weighted by molar-refractivity contribution is -0.157. The van der Waals surface area contributed by atoms with Gasteiger partial charge in [-0.25, -0.2) is 0 Å². The number of likely N-dealkylation sites (N-methyl/N-ethyl adjacent to an activating group) is 1. The highest BCUT2D eigenvalue weighted by Gasteiger charge is 2.41. The van der Waals surface area contributed by atoms with Gasteiger partial charge in [-0.3, -0.25) is 14.5 Å². The Kier molecular flexibility index (Phi) is 5.59. The van der Waals surface area contributed by atoms with E-state index >= 15 is 0 Å². The molecule has 0 aliphatic carbocycles. The highest BCUT2D eigenvalue weighted by Crippen LogP contribution is 2.28. The molecule has 1 aliphatic rings. The molecule has 8 nitrogen and oxygen atoms in total. The minimum atomic E-state index is -0.526. The molecule has 0 radical (unpaired) electrons. The van der Waals surface area contributed by atoms with E-state index in [4.69, 9.17) is 15.0 Å². The Morgan fingerprint density at radius 2 is 1.74 bits per heavy atom. The molecule has 1 rings (SSSR count). The fourth-order valence-electron chi connectivity index (χ4n) is 2.38. The topological polar surface area (TPSA) is 105 Å². The molecule has 0 amide bonds. The van der Waals surface area contributed by atoms with Gasteiger partial charge in [-0.05, 0) is 31.3 Å². The Bertz CT molecular complexity index is 368. The maximum atomic E-state index is 11.7. The highest BCUT2D eigenvalue weighted by molar-refractivity contribution is 5.80. The van der Waals surface area contributed by atoms with E-state index in [-0.39, 0.29) is 12.5 Å². The third kappa shape index (κ3) is 3.59. The van der Waals surface area contributed by atoms with Gasteiger partial charge in [0.25, 0.3) is 0 Å². The molecule has 0 aromatic carbocycles. The Hall–Kier alpha value is -1.79. The van der Waals surface area contributed by atoms with Crippen LogP contribution in [0.1, 0.15) is 12.8 Å². The van der Waals surface area contributed by atoms with Crippen molar-refractivity contribution in [2.45, 2.75) is 24.9 Å². The number of ether oxygens (including phenoxy) is 2. The molecule has 0 aromatic heterocycles. The van der Waals surface area contributed by atoms with Crippen molar-refractivity contribution in [2.24, 2.45) is 11.0 Å². The van der Waals surface area contributed by atoms with Crippen LogP contribution < -0.4 is 0 Å². The molecule has 1 heterocycles. The van der Waals surface area contributed by atoms with Crippen molar-refractivity contribution < 1.29 is 19.1 Å². The van der Waals surface area contributed by atoms with Crippen LogP contribution in [0, 0.1) is 5.92 Å². The second kappa shape index (κ2) is 6.96. The molecule has 1 fully saturated rings. The number of nitrogens with zero attached hydrogens (tertiary/aromatic N) is 4. The monoisotopic (exact) mass is 270 g/mol. The quantitative estimate of drug-likeness (QED) is 0.324. The van der Waals surface area contributed by atoms with Crippen molar-refractivity contribution in [2.75, 3.05) is 27.8 Å². The van der Waals surface area contributed by atoms with Crippen LogP contribution >= 0.6 is 0 Å². The third-order valence-corrected chi connectivity index (χ3v) is 3.45. The number of carbonyl (C=O) groups is 2. The summed E-state index contributed by atoms with van der Waals surface area (Å²) < 4.78 is 9.48. The van der Waals surface area contributed by atoms with Crippen molar-refractivity contribution in [3.05, 3.63) is 10.4 Å². The van der Waals surface area contributed by atoms with Gasteiger partial charge in [0.15, 0.2) is 0 Å².